The smallest absolute Gasteiger partial charge is 0.255 e. The van der Waals surface area contributed by atoms with Gasteiger partial charge in [-0.25, -0.2) is 0 Å². The van der Waals surface area contributed by atoms with Gasteiger partial charge >= 0.3 is 0 Å². The molecule has 1 aromatic carbocycles. The Kier molecular flexibility index (Phi) is 7.53. The maximum atomic E-state index is 12.8. The molecular weight excluding hydrogens is 364 g/mol. The van der Waals surface area contributed by atoms with Crippen LogP contribution < -0.4 is 5.32 Å². The molecule has 0 unspecified atom stereocenters. The lowest BCUT2D eigenvalue weighted by Gasteiger charge is -2.08. The van der Waals surface area contributed by atoms with Gasteiger partial charge in [0.25, 0.3) is 5.91 Å². The molecule has 0 aliphatic rings. The Labute approximate surface area is 171 Å². The summed E-state index contributed by atoms with van der Waals surface area (Å²) in [7, 11) is 0. The second kappa shape index (κ2) is 10.5. The van der Waals surface area contributed by atoms with Crippen molar-refractivity contribution < 1.29 is 9.53 Å². The number of nitrogens with one attached hydrogen (secondary N) is 1. The molecule has 3 aromatic rings. The van der Waals surface area contributed by atoms with Crippen LogP contribution >= 0.6 is 0 Å². The molecule has 6 nitrogen and oxygen atoms in total. The summed E-state index contributed by atoms with van der Waals surface area (Å²) in [6.07, 6.45) is 6.02. The van der Waals surface area contributed by atoms with Gasteiger partial charge in [0.1, 0.15) is 5.69 Å². The number of carbonyl (C=O) groups excluding carboxylic acids is 1. The fourth-order valence-corrected chi connectivity index (χ4v) is 2.95. The molecule has 1 N–H and O–H groups in total. The van der Waals surface area contributed by atoms with Crippen molar-refractivity contribution in [1.29, 1.82) is 0 Å². The van der Waals surface area contributed by atoms with Crippen LogP contribution in [0.1, 0.15) is 36.2 Å². The van der Waals surface area contributed by atoms with Crippen LogP contribution in [0.15, 0.2) is 61.1 Å². The van der Waals surface area contributed by atoms with E-state index in [9.17, 15) is 4.79 Å². The average Bonchev–Trinajstić information content (AvgIpc) is 3.15. The molecular formula is C23H28N4O2. The Balaban J connectivity index is 1.69. The number of rotatable bonds is 10. The summed E-state index contributed by atoms with van der Waals surface area (Å²) in [5, 5.41) is 7.65. The van der Waals surface area contributed by atoms with Crippen molar-refractivity contribution in [2.45, 2.75) is 26.8 Å². The molecule has 0 atom stereocenters. The number of nitrogens with zero attached hydrogens (tertiary/aromatic N) is 3. The third-order valence-electron chi connectivity index (χ3n) is 4.33. The zero-order valence-electron chi connectivity index (χ0n) is 17.0. The number of hydrogen-bond acceptors (Lipinski definition) is 4. The summed E-state index contributed by atoms with van der Waals surface area (Å²) < 4.78 is 7.37. The number of aromatic nitrogens is 3. The summed E-state index contributed by atoms with van der Waals surface area (Å²) in [6, 6.07) is 13.8. The molecule has 1 amide bonds. The predicted molar refractivity (Wildman–Crippen MR) is 114 cm³/mol. The summed E-state index contributed by atoms with van der Waals surface area (Å²) >= 11 is 0. The van der Waals surface area contributed by atoms with Crippen LogP contribution in [0, 0.1) is 5.92 Å². The molecule has 0 aliphatic carbocycles. The molecule has 0 saturated carbocycles. The molecule has 6 heteroatoms. The minimum Gasteiger partial charge on any atom is -0.381 e. The Bertz CT molecular complexity index is 892. The van der Waals surface area contributed by atoms with Gasteiger partial charge in [0, 0.05) is 43.9 Å². The lowest BCUT2D eigenvalue weighted by Crippen LogP contribution is -2.25. The number of amides is 1. The zero-order valence-corrected chi connectivity index (χ0v) is 17.0. The summed E-state index contributed by atoms with van der Waals surface area (Å²) in [6.45, 7) is 6.79. The van der Waals surface area contributed by atoms with E-state index < -0.39 is 0 Å². The van der Waals surface area contributed by atoms with Crippen molar-refractivity contribution in [3.05, 3.63) is 72.2 Å². The normalized spacial score (nSPS) is 11.0. The maximum absolute atomic E-state index is 12.8. The van der Waals surface area contributed by atoms with Crippen molar-refractivity contribution >= 4 is 5.91 Å². The van der Waals surface area contributed by atoms with Crippen molar-refractivity contribution in [2.24, 2.45) is 5.92 Å². The van der Waals surface area contributed by atoms with E-state index in [0.717, 1.165) is 24.2 Å². The van der Waals surface area contributed by atoms with Crippen LogP contribution in [0.2, 0.25) is 0 Å². The van der Waals surface area contributed by atoms with E-state index in [1.807, 2.05) is 42.5 Å². The van der Waals surface area contributed by atoms with E-state index in [1.54, 1.807) is 23.3 Å². The van der Waals surface area contributed by atoms with E-state index in [2.05, 4.69) is 29.2 Å². The Morgan fingerprint density at radius 2 is 2.00 bits per heavy atom. The number of benzene rings is 1. The van der Waals surface area contributed by atoms with E-state index in [4.69, 9.17) is 4.74 Å². The number of carbonyl (C=O) groups is 1. The number of pyridine rings is 1. The van der Waals surface area contributed by atoms with Crippen molar-refractivity contribution in [3.8, 4) is 11.3 Å². The molecule has 0 aliphatic heterocycles. The third kappa shape index (κ3) is 6.26. The van der Waals surface area contributed by atoms with Crippen molar-refractivity contribution in [2.75, 3.05) is 19.8 Å². The lowest BCUT2D eigenvalue weighted by molar-refractivity contribution is 0.0925. The highest BCUT2D eigenvalue weighted by molar-refractivity contribution is 5.99. The predicted octanol–water partition coefficient (Wildman–Crippen LogP) is 3.79. The molecule has 0 radical (unpaired) electrons. The molecule has 29 heavy (non-hydrogen) atoms. The SMILES string of the molecule is CC(C)COCCCNC(=O)c1cn(Cc2ccccc2)nc1-c1cccnc1. The fourth-order valence-electron chi connectivity index (χ4n) is 2.95. The molecule has 0 bridgehead atoms. The van der Waals surface area contributed by atoms with Gasteiger partial charge in [-0.1, -0.05) is 44.2 Å². The van der Waals surface area contributed by atoms with E-state index in [0.29, 0.717) is 36.9 Å². The molecule has 0 saturated heterocycles. The average molecular weight is 393 g/mol. The highest BCUT2D eigenvalue weighted by atomic mass is 16.5. The standard InChI is InChI=1S/C23H28N4O2/c1-18(2)17-29-13-7-12-25-23(28)21-16-27(15-19-8-4-3-5-9-19)26-22(21)20-10-6-11-24-14-20/h3-6,8-11,14,16,18H,7,12-13,15,17H2,1-2H3,(H,25,28). The lowest BCUT2D eigenvalue weighted by atomic mass is 10.1. The second-order valence-corrected chi connectivity index (χ2v) is 7.39. The van der Waals surface area contributed by atoms with Crippen LogP contribution in [0.4, 0.5) is 0 Å². The van der Waals surface area contributed by atoms with E-state index in [-0.39, 0.29) is 5.91 Å². The minimum absolute atomic E-state index is 0.132. The van der Waals surface area contributed by atoms with Gasteiger partial charge in [-0.3, -0.25) is 14.5 Å². The topological polar surface area (TPSA) is 69.0 Å². The van der Waals surface area contributed by atoms with Crippen LogP contribution in [0.25, 0.3) is 11.3 Å². The highest BCUT2D eigenvalue weighted by Gasteiger charge is 2.18. The first-order valence-electron chi connectivity index (χ1n) is 10.0. The zero-order chi connectivity index (χ0) is 20.5. The van der Waals surface area contributed by atoms with Gasteiger partial charge in [0.05, 0.1) is 12.1 Å². The monoisotopic (exact) mass is 392 g/mol. The fraction of sp³-hybridized carbons (Fsp3) is 0.348. The Morgan fingerprint density at radius 1 is 1.17 bits per heavy atom. The first-order valence-corrected chi connectivity index (χ1v) is 10.0. The van der Waals surface area contributed by atoms with Crippen molar-refractivity contribution in [3.63, 3.8) is 0 Å². The van der Waals surface area contributed by atoms with Crippen LogP contribution in [-0.4, -0.2) is 40.4 Å². The Morgan fingerprint density at radius 3 is 2.72 bits per heavy atom. The number of hydrogen-bond donors (Lipinski definition) is 1. The molecule has 0 spiro atoms. The Hall–Kier alpha value is -2.99. The third-order valence-corrected chi connectivity index (χ3v) is 4.33. The van der Waals surface area contributed by atoms with Gasteiger partial charge in [-0.2, -0.15) is 5.10 Å². The van der Waals surface area contributed by atoms with Gasteiger partial charge in [0.2, 0.25) is 0 Å². The minimum atomic E-state index is -0.132. The van der Waals surface area contributed by atoms with E-state index in [1.165, 1.54) is 0 Å². The molecule has 3 rings (SSSR count). The van der Waals surface area contributed by atoms with Gasteiger partial charge < -0.3 is 10.1 Å². The first-order chi connectivity index (χ1) is 14.1. The first kappa shape index (κ1) is 20.7. The van der Waals surface area contributed by atoms with Gasteiger partial charge in [-0.15, -0.1) is 0 Å². The van der Waals surface area contributed by atoms with Crippen LogP contribution in [-0.2, 0) is 11.3 Å². The van der Waals surface area contributed by atoms with Crippen LogP contribution in [0.3, 0.4) is 0 Å². The molecule has 0 fully saturated rings. The summed E-state index contributed by atoms with van der Waals surface area (Å²) in [5.74, 6) is 0.383. The van der Waals surface area contributed by atoms with Crippen LogP contribution in [0.5, 0.6) is 0 Å². The number of ether oxygens (including phenoxy) is 1. The molecule has 2 heterocycles. The van der Waals surface area contributed by atoms with Gasteiger partial charge in [0.15, 0.2) is 0 Å². The maximum Gasteiger partial charge on any atom is 0.255 e. The van der Waals surface area contributed by atoms with Crippen molar-refractivity contribution in [1.82, 2.24) is 20.1 Å². The molecule has 152 valence electrons. The second-order valence-electron chi connectivity index (χ2n) is 7.39. The quantitative estimate of drug-likeness (QED) is 0.533. The highest BCUT2D eigenvalue weighted by Crippen LogP contribution is 2.21. The van der Waals surface area contributed by atoms with E-state index >= 15 is 0 Å². The largest absolute Gasteiger partial charge is 0.381 e. The van der Waals surface area contributed by atoms with Gasteiger partial charge in [-0.05, 0) is 30.0 Å². The summed E-state index contributed by atoms with van der Waals surface area (Å²) in [4.78, 5) is 17.0. The molecule has 2 aromatic heterocycles. The summed E-state index contributed by atoms with van der Waals surface area (Å²) in [5.41, 5.74) is 3.14.